The van der Waals surface area contributed by atoms with Gasteiger partial charge in [-0.2, -0.15) is 0 Å². The molecule has 1 aliphatic rings. The Kier molecular flexibility index (Phi) is 3.14. The van der Waals surface area contributed by atoms with Gasteiger partial charge in [-0.15, -0.1) is 0 Å². The molecule has 1 nitrogen and oxygen atoms in total. The molecule has 1 heterocycles. The molecule has 16 heavy (non-hydrogen) atoms. The number of hydrogen-bond donors (Lipinski definition) is 1. The summed E-state index contributed by atoms with van der Waals surface area (Å²) in [6.07, 6.45) is 8.68. The van der Waals surface area contributed by atoms with Crippen LogP contribution in [0.15, 0.2) is 42.5 Å². The summed E-state index contributed by atoms with van der Waals surface area (Å²) < 4.78 is 0. The second kappa shape index (κ2) is 4.56. The minimum atomic E-state index is 0.372. The van der Waals surface area contributed by atoms with E-state index in [0.717, 1.165) is 0 Å². The average molecular weight is 213 g/mol. The number of hydrogen-bond acceptors (Lipinski definition) is 1. The van der Waals surface area contributed by atoms with Gasteiger partial charge in [-0.25, -0.2) is 0 Å². The van der Waals surface area contributed by atoms with E-state index in [0.29, 0.717) is 12.0 Å². The molecule has 2 atom stereocenters. The summed E-state index contributed by atoms with van der Waals surface area (Å²) in [5.41, 5.74) is 3.95. The zero-order chi connectivity index (χ0) is 11.5. The first-order valence-electron chi connectivity index (χ1n) is 5.89. The van der Waals surface area contributed by atoms with Crippen LogP contribution in [0.2, 0.25) is 0 Å². The lowest BCUT2D eigenvalue weighted by molar-refractivity contribution is 0.945. The Morgan fingerprint density at radius 1 is 1.06 bits per heavy atom. The number of anilines is 1. The number of allylic oxidation sites excluding steroid dienone is 3. The number of fused-ring (bicyclic) bond motifs is 1. The Labute approximate surface area is 97.9 Å². The Balaban J connectivity index is 2.46. The molecule has 0 aliphatic carbocycles. The first kappa shape index (κ1) is 11.0. The van der Waals surface area contributed by atoms with E-state index >= 15 is 0 Å². The van der Waals surface area contributed by atoms with E-state index in [1.807, 2.05) is 0 Å². The molecular formula is C15H19N. The monoisotopic (exact) mass is 213 g/mol. The van der Waals surface area contributed by atoms with Gasteiger partial charge in [-0.1, -0.05) is 48.9 Å². The molecule has 0 spiro atoms. The molecule has 1 N–H and O–H groups in total. The van der Waals surface area contributed by atoms with E-state index in [2.05, 4.69) is 68.6 Å². The van der Waals surface area contributed by atoms with Crippen molar-refractivity contribution in [3.05, 3.63) is 53.6 Å². The molecular weight excluding hydrogens is 194 g/mol. The highest BCUT2D eigenvalue weighted by Crippen LogP contribution is 2.28. The molecule has 0 aromatic heterocycles. The summed E-state index contributed by atoms with van der Waals surface area (Å²) >= 11 is 0. The highest BCUT2D eigenvalue weighted by Gasteiger charge is 2.10. The second-order valence-electron chi connectivity index (χ2n) is 4.58. The predicted molar refractivity (Wildman–Crippen MR) is 71.0 cm³/mol. The van der Waals surface area contributed by atoms with Crippen molar-refractivity contribution in [2.24, 2.45) is 0 Å². The van der Waals surface area contributed by atoms with Gasteiger partial charge in [-0.3, -0.25) is 0 Å². The highest BCUT2D eigenvalue weighted by atomic mass is 14.9. The molecule has 0 radical (unpaired) electrons. The van der Waals surface area contributed by atoms with Gasteiger partial charge >= 0.3 is 0 Å². The maximum absolute atomic E-state index is 3.53. The normalized spacial score (nSPS) is 27.9. The molecule has 84 valence electrons. The van der Waals surface area contributed by atoms with E-state index in [9.17, 15) is 0 Å². The van der Waals surface area contributed by atoms with Crippen LogP contribution in [0.4, 0.5) is 5.69 Å². The SMILES string of the molecule is Cc1ccc2c(c1)C(C)/C=C\C=C/C(C)N2. The number of aryl methyl sites for hydroxylation is 1. The topological polar surface area (TPSA) is 12.0 Å². The van der Waals surface area contributed by atoms with Gasteiger partial charge < -0.3 is 5.32 Å². The predicted octanol–water partition coefficient (Wildman–Crippen LogP) is 4.02. The van der Waals surface area contributed by atoms with Gasteiger partial charge in [0.1, 0.15) is 0 Å². The van der Waals surface area contributed by atoms with Crippen molar-refractivity contribution in [3.8, 4) is 0 Å². The third kappa shape index (κ3) is 2.35. The molecule has 0 saturated carbocycles. The fraction of sp³-hybridized carbons (Fsp3) is 0.333. The van der Waals surface area contributed by atoms with Gasteiger partial charge in [0.15, 0.2) is 0 Å². The van der Waals surface area contributed by atoms with Crippen LogP contribution in [-0.4, -0.2) is 6.04 Å². The molecule has 0 saturated heterocycles. The van der Waals surface area contributed by atoms with Crippen LogP contribution in [0.5, 0.6) is 0 Å². The molecule has 0 bridgehead atoms. The van der Waals surface area contributed by atoms with Crippen molar-refractivity contribution in [2.45, 2.75) is 32.7 Å². The molecule has 1 aliphatic heterocycles. The second-order valence-corrected chi connectivity index (χ2v) is 4.58. The number of rotatable bonds is 0. The van der Waals surface area contributed by atoms with Gasteiger partial charge in [0.25, 0.3) is 0 Å². The van der Waals surface area contributed by atoms with Crippen LogP contribution >= 0.6 is 0 Å². The zero-order valence-electron chi connectivity index (χ0n) is 10.2. The fourth-order valence-corrected chi connectivity index (χ4v) is 2.05. The molecule has 1 aromatic rings. The lowest BCUT2D eigenvalue weighted by atomic mass is 9.97. The fourth-order valence-electron chi connectivity index (χ4n) is 2.05. The summed E-state index contributed by atoms with van der Waals surface area (Å²) in [6.45, 7) is 6.55. The third-order valence-corrected chi connectivity index (χ3v) is 2.99. The highest BCUT2D eigenvalue weighted by molar-refractivity contribution is 5.56. The Hall–Kier alpha value is -1.50. The van der Waals surface area contributed by atoms with Gasteiger partial charge in [0.2, 0.25) is 0 Å². The van der Waals surface area contributed by atoms with Crippen molar-refractivity contribution < 1.29 is 0 Å². The molecule has 2 rings (SSSR count). The first-order chi connectivity index (χ1) is 7.66. The van der Waals surface area contributed by atoms with Crippen molar-refractivity contribution in [3.63, 3.8) is 0 Å². The summed E-state index contributed by atoms with van der Waals surface area (Å²) in [5.74, 6) is 0.456. The van der Waals surface area contributed by atoms with Crippen LogP contribution < -0.4 is 5.32 Å². The summed E-state index contributed by atoms with van der Waals surface area (Å²) in [4.78, 5) is 0. The van der Waals surface area contributed by atoms with Crippen molar-refractivity contribution in [2.75, 3.05) is 5.32 Å². The van der Waals surface area contributed by atoms with Crippen LogP contribution in [0, 0.1) is 6.92 Å². The summed E-state index contributed by atoms with van der Waals surface area (Å²) in [7, 11) is 0. The zero-order valence-corrected chi connectivity index (χ0v) is 10.2. The van der Waals surface area contributed by atoms with Crippen LogP contribution in [0.3, 0.4) is 0 Å². The van der Waals surface area contributed by atoms with Crippen molar-refractivity contribution in [1.29, 1.82) is 0 Å². The largest absolute Gasteiger partial charge is 0.379 e. The van der Waals surface area contributed by atoms with Crippen molar-refractivity contribution in [1.82, 2.24) is 0 Å². The Morgan fingerprint density at radius 2 is 1.81 bits per heavy atom. The molecule has 1 aromatic carbocycles. The van der Waals surface area contributed by atoms with Crippen molar-refractivity contribution >= 4 is 5.69 Å². The lowest BCUT2D eigenvalue weighted by Crippen LogP contribution is -2.13. The van der Waals surface area contributed by atoms with E-state index in [-0.39, 0.29) is 0 Å². The third-order valence-electron chi connectivity index (χ3n) is 2.99. The van der Waals surface area contributed by atoms with E-state index in [1.54, 1.807) is 0 Å². The first-order valence-corrected chi connectivity index (χ1v) is 5.89. The van der Waals surface area contributed by atoms with Gasteiger partial charge in [0, 0.05) is 17.6 Å². The van der Waals surface area contributed by atoms with Crippen LogP contribution in [0.25, 0.3) is 0 Å². The Morgan fingerprint density at radius 3 is 2.62 bits per heavy atom. The van der Waals surface area contributed by atoms with Gasteiger partial charge in [-0.05, 0) is 25.5 Å². The van der Waals surface area contributed by atoms with Crippen LogP contribution in [-0.2, 0) is 0 Å². The Bertz CT molecular complexity index is 429. The van der Waals surface area contributed by atoms with Gasteiger partial charge in [0.05, 0.1) is 0 Å². The minimum Gasteiger partial charge on any atom is -0.379 e. The standard InChI is InChI=1S/C15H19N/c1-11-8-9-15-14(10-11)12(2)6-4-5-7-13(3)16-15/h4-10,12-13,16H,1-3H3/b6-4-,7-5-. The van der Waals surface area contributed by atoms with E-state index in [1.165, 1.54) is 16.8 Å². The molecule has 0 fully saturated rings. The minimum absolute atomic E-state index is 0.372. The summed E-state index contributed by atoms with van der Waals surface area (Å²) in [5, 5.41) is 3.53. The van der Waals surface area contributed by atoms with Crippen LogP contribution in [0.1, 0.15) is 30.9 Å². The number of nitrogens with one attached hydrogen (secondary N) is 1. The molecule has 0 amide bonds. The summed E-state index contributed by atoms with van der Waals surface area (Å²) in [6, 6.07) is 6.99. The van der Waals surface area contributed by atoms with E-state index in [4.69, 9.17) is 0 Å². The van der Waals surface area contributed by atoms with E-state index < -0.39 is 0 Å². The maximum Gasteiger partial charge on any atom is 0.0419 e. The number of benzene rings is 1. The molecule has 2 unspecified atom stereocenters. The smallest absolute Gasteiger partial charge is 0.0419 e. The average Bonchev–Trinajstić information content (AvgIpc) is 2.31. The maximum atomic E-state index is 3.53. The quantitative estimate of drug-likeness (QED) is 0.686. The lowest BCUT2D eigenvalue weighted by Gasteiger charge is -2.18. The molecule has 1 heteroatoms.